The molecule has 1 aliphatic rings. The van der Waals surface area contributed by atoms with Gasteiger partial charge in [0.05, 0.1) is 0 Å². The highest BCUT2D eigenvalue weighted by Gasteiger charge is 2.24. The first-order chi connectivity index (χ1) is 9.10. The molecule has 2 unspecified atom stereocenters. The van der Waals surface area contributed by atoms with Crippen LogP contribution in [-0.4, -0.2) is 29.1 Å². The van der Waals surface area contributed by atoms with Gasteiger partial charge in [0.25, 0.3) is 0 Å². The third kappa shape index (κ3) is 3.58. The van der Waals surface area contributed by atoms with Gasteiger partial charge in [-0.15, -0.1) is 0 Å². The van der Waals surface area contributed by atoms with Gasteiger partial charge in [-0.25, -0.2) is 4.98 Å². The van der Waals surface area contributed by atoms with E-state index in [-0.39, 0.29) is 0 Å². The number of piperidine rings is 1. The third-order valence-electron chi connectivity index (χ3n) is 3.79. The van der Waals surface area contributed by atoms with Gasteiger partial charge in [-0.05, 0) is 39.0 Å². The van der Waals surface area contributed by atoms with E-state index in [1.165, 1.54) is 12.8 Å². The van der Waals surface area contributed by atoms with Crippen molar-refractivity contribution in [2.24, 2.45) is 5.92 Å². The average molecular weight is 262 g/mol. The van der Waals surface area contributed by atoms with Gasteiger partial charge >= 0.3 is 0 Å². The largest absolute Gasteiger partial charge is 0.354 e. The van der Waals surface area contributed by atoms with Gasteiger partial charge in [0.1, 0.15) is 5.82 Å². The highest BCUT2D eigenvalue weighted by molar-refractivity contribution is 5.46. The Morgan fingerprint density at radius 1 is 1.32 bits per heavy atom. The van der Waals surface area contributed by atoms with Gasteiger partial charge in [-0.3, -0.25) is 0 Å². The summed E-state index contributed by atoms with van der Waals surface area (Å²) in [4.78, 5) is 11.6. The molecule has 4 nitrogen and oxygen atoms in total. The topological polar surface area (TPSA) is 41.1 Å². The lowest BCUT2D eigenvalue weighted by Crippen LogP contribution is -2.41. The zero-order valence-corrected chi connectivity index (χ0v) is 12.6. The summed E-state index contributed by atoms with van der Waals surface area (Å²) in [5.74, 6) is 2.59. The van der Waals surface area contributed by atoms with Gasteiger partial charge in [0.2, 0.25) is 5.95 Å². The van der Waals surface area contributed by atoms with Crippen molar-refractivity contribution in [1.29, 1.82) is 0 Å². The first kappa shape index (κ1) is 14.1. The number of aryl methyl sites for hydroxylation is 1. The molecule has 1 aromatic rings. The summed E-state index contributed by atoms with van der Waals surface area (Å²) < 4.78 is 0. The molecule has 4 heteroatoms. The lowest BCUT2D eigenvalue weighted by Gasteiger charge is -2.37. The second kappa shape index (κ2) is 6.22. The molecule has 2 heterocycles. The van der Waals surface area contributed by atoms with Crippen LogP contribution in [0.25, 0.3) is 0 Å². The monoisotopic (exact) mass is 262 g/mol. The Bertz CT molecular complexity index is 419. The number of nitrogens with zero attached hydrogens (tertiary/aromatic N) is 3. The van der Waals surface area contributed by atoms with Crippen molar-refractivity contribution in [1.82, 2.24) is 9.97 Å². The second-order valence-electron chi connectivity index (χ2n) is 5.80. The first-order valence-corrected chi connectivity index (χ1v) is 7.46. The fraction of sp³-hybridized carbons (Fsp3) is 0.733. The van der Waals surface area contributed by atoms with Crippen LogP contribution in [0.2, 0.25) is 0 Å². The van der Waals surface area contributed by atoms with Crippen molar-refractivity contribution >= 4 is 11.8 Å². The summed E-state index contributed by atoms with van der Waals surface area (Å²) in [6, 6.07) is 2.68. The molecule has 1 aliphatic heterocycles. The first-order valence-electron chi connectivity index (χ1n) is 7.46. The highest BCUT2D eigenvalue weighted by atomic mass is 15.2. The molecule has 1 aromatic heterocycles. The molecule has 2 atom stereocenters. The van der Waals surface area contributed by atoms with Crippen LogP contribution in [0.15, 0.2) is 6.07 Å². The van der Waals surface area contributed by atoms with Gasteiger partial charge in [0.15, 0.2) is 0 Å². The second-order valence-corrected chi connectivity index (χ2v) is 5.80. The summed E-state index contributed by atoms with van der Waals surface area (Å²) in [6.07, 6.45) is 3.66. The maximum atomic E-state index is 4.68. The SMILES string of the molecule is CCCNc1nc(C)cc(N2CC(C)CCC2C)n1. The minimum Gasteiger partial charge on any atom is -0.354 e. The van der Waals surface area contributed by atoms with Crippen LogP contribution in [0.1, 0.15) is 45.7 Å². The molecule has 0 spiro atoms. The zero-order chi connectivity index (χ0) is 13.8. The normalized spacial score (nSPS) is 23.5. The summed E-state index contributed by atoms with van der Waals surface area (Å²) in [7, 11) is 0. The van der Waals surface area contributed by atoms with Crippen LogP contribution in [0, 0.1) is 12.8 Å². The lowest BCUT2D eigenvalue weighted by molar-refractivity contribution is 0.388. The van der Waals surface area contributed by atoms with E-state index >= 15 is 0 Å². The van der Waals surface area contributed by atoms with Gasteiger partial charge in [-0.2, -0.15) is 4.98 Å². The van der Waals surface area contributed by atoms with Crippen molar-refractivity contribution in [3.8, 4) is 0 Å². The Morgan fingerprint density at radius 3 is 2.84 bits per heavy atom. The molecule has 2 rings (SSSR count). The number of hydrogen-bond acceptors (Lipinski definition) is 4. The summed E-state index contributed by atoms with van der Waals surface area (Å²) in [5, 5.41) is 3.29. The average Bonchev–Trinajstić information content (AvgIpc) is 2.38. The maximum Gasteiger partial charge on any atom is 0.224 e. The minimum absolute atomic E-state index is 0.574. The number of anilines is 2. The zero-order valence-electron chi connectivity index (χ0n) is 12.6. The number of rotatable bonds is 4. The Kier molecular flexibility index (Phi) is 4.61. The van der Waals surface area contributed by atoms with E-state index in [0.717, 1.165) is 42.9 Å². The molecule has 0 bridgehead atoms. The molecule has 1 saturated heterocycles. The number of aromatic nitrogens is 2. The summed E-state index contributed by atoms with van der Waals surface area (Å²) in [5.41, 5.74) is 1.04. The van der Waals surface area contributed by atoms with Crippen LogP contribution in [-0.2, 0) is 0 Å². The highest BCUT2D eigenvalue weighted by Crippen LogP contribution is 2.27. The fourth-order valence-corrected chi connectivity index (χ4v) is 2.62. The molecule has 19 heavy (non-hydrogen) atoms. The van der Waals surface area contributed by atoms with E-state index in [0.29, 0.717) is 6.04 Å². The van der Waals surface area contributed by atoms with Crippen LogP contribution in [0.5, 0.6) is 0 Å². The molecule has 1 fully saturated rings. The van der Waals surface area contributed by atoms with Crippen molar-refractivity contribution in [3.05, 3.63) is 11.8 Å². The Morgan fingerprint density at radius 2 is 2.11 bits per heavy atom. The minimum atomic E-state index is 0.574. The van der Waals surface area contributed by atoms with Crippen LogP contribution >= 0.6 is 0 Å². The quantitative estimate of drug-likeness (QED) is 0.904. The molecular formula is C15H26N4. The molecule has 1 N–H and O–H groups in total. The maximum absolute atomic E-state index is 4.68. The van der Waals surface area contributed by atoms with Crippen molar-refractivity contribution in [3.63, 3.8) is 0 Å². The lowest BCUT2D eigenvalue weighted by atomic mass is 9.95. The molecular weight excluding hydrogens is 236 g/mol. The van der Waals surface area contributed by atoms with Crippen LogP contribution < -0.4 is 10.2 Å². The molecule has 0 saturated carbocycles. The smallest absolute Gasteiger partial charge is 0.224 e. The molecule has 0 aliphatic carbocycles. The number of nitrogens with one attached hydrogen (secondary N) is 1. The molecule has 0 aromatic carbocycles. The predicted octanol–water partition coefficient (Wildman–Crippen LogP) is 3.23. The van der Waals surface area contributed by atoms with E-state index in [4.69, 9.17) is 0 Å². The number of hydrogen-bond donors (Lipinski definition) is 1. The third-order valence-corrected chi connectivity index (χ3v) is 3.79. The van der Waals surface area contributed by atoms with Crippen LogP contribution in [0.4, 0.5) is 11.8 Å². The van der Waals surface area contributed by atoms with E-state index in [9.17, 15) is 0 Å². The fourth-order valence-electron chi connectivity index (χ4n) is 2.62. The van der Waals surface area contributed by atoms with Crippen LogP contribution in [0.3, 0.4) is 0 Å². The standard InChI is InChI=1S/C15H26N4/c1-5-8-16-15-17-12(3)9-14(18-15)19-10-11(2)6-7-13(19)4/h9,11,13H,5-8,10H2,1-4H3,(H,16,17,18). The summed E-state index contributed by atoms with van der Waals surface area (Å²) >= 11 is 0. The molecule has 0 radical (unpaired) electrons. The van der Waals surface area contributed by atoms with Gasteiger partial charge in [-0.1, -0.05) is 13.8 Å². The van der Waals surface area contributed by atoms with E-state index < -0.39 is 0 Å². The van der Waals surface area contributed by atoms with Crippen molar-refractivity contribution in [2.45, 2.75) is 53.0 Å². The Hall–Kier alpha value is -1.32. The van der Waals surface area contributed by atoms with E-state index in [2.05, 4.69) is 47.0 Å². The summed E-state index contributed by atoms with van der Waals surface area (Å²) in [6.45, 7) is 10.8. The van der Waals surface area contributed by atoms with E-state index in [1.807, 2.05) is 6.92 Å². The molecule has 106 valence electrons. The van der Waals surface area contributed by atoms with Gasteiger partial charge < -0.3 is 10.2 Å². The Balaban J connectivity index is 2.20. The predicted molar refractivity (Wildman–Crippen MR) is 80.8 cm³/mol. The van der Waals surface area contributed by atoms with Crippen molar-refractivity contribution in [2.75, 3.05) is 23.3 Å². The van der Waals surface area contributed by atoms with Crippen molar-refractivity contribution < 1.29 is 0 Å². The molecule has 0 amide bonds. The van der Waals surface area contributed by atoms with E-state index in [1.54, 1.807) is 0 Å². The van der Waals surface area contributed by atoms with Gasteiger partial charge in [0, 0.05) is 30.9 Å². The Labute approximate surface area is 116 Å².